The molecule has 0 unspecified atom stereocenters. The average molecular weight is 438 g/mol. The lowest BCUT2D eigenvalue weighted by molar-refractivity contribution is -0.123. The van der Waals surface area contributed by atoms with Crippen molar-refractivity contribution in [1.29, 1.82) is 0 Å². The Morgan fingerprint density at radius 3 is 2.67 bits per heavy atom. The van der Waals surface area contributed by atoms with Crippen LogP contribution in [-0.4, -0.2) is 23.8 Å². The number of nitrogens with zero attached hydrogens (tertiary/aromatic N) is 1. The number of rotatable bonds is 5. The highest BCUT2D eigenvalue weighted by molar-refractivity contribution is 14.1. The number of aromatic hydroxyl groups is 1. The van der Waals surface area contributed by atoms with Crippen LogP contribution in [0.1, 0.15) is 22.3 Å². The molecule has 2 N–H and O–H groups in total. The number of aryl methyl sites for hydroxylation is 2. The van der Waals surface area contributed by atoms with Gasteiger partial charge in [0.2, 0.25) is 0 Å². The summed E-state index contributed by atoms with van der Waals surface area (Å²) in [6.45, 7) is 5.82. The predicted molar refractivity (Wildman–Crippen MR) is 103 cm³/mol. The molecule has 0 fully saturated rings. The molecule has 6 heteroatoms. The van der Waals surface area contributed by atoms with Crippen molar-refractivity contribution in [3.8, 4) is 11.5 Å². The van der Waals surface area contributed by atoms with Gasteiger partial charge in [-0.1, -0.05) is 12.1 Å². The SMILES string of the molecule is Cc1ccc(C)c(OCC(=O)N/N=C\c2ccc(O)c(I)c2)c1C. The second-order valence-corrected chi connectivity index (χ2v) is 6.61. The first kappa shape index (κ1) is 18.3. The van der Waals surface area contributed by atoms with Gasteiger partial charge in [-0.3, -0.25) is 4.79 Å². The molecule has 0 saturated heterocycles. The minimum absolute atomic E-state index is 0.102. The second-order valence-electron chi connectivity index (χ2n) is 5.45. The number of halogens is 1. The molecule has 2 aromatic rings. The molecule has 126 valence electrons. The van der Waals surface area contributed by atoms with Crippen molar-refractivity contribution in [2.75, 3.05) is 6.61 Å². The smallest absolute Gasteiger partial charge is 0.277 e. The normalized spacial score (nSPS) is 10.8. The maximum absolute atomic E-state index is 11.8. The Labute approximate surface area is 154 Å². The van der Waals surface area contributed by atoms with Crippen LogP contribution < -0.4 is 10.2 Å². The van der Waals surface area contributed by atoms with E-state index >= 15 is 0 Å². The summed E-state index contributed by atoms with van der Waals surface area (Å²) in [5.41, 5.74) is 6.36. The Balaban J connectivity index is 1.91. The van der Waals surface area contributed by atoms with Crippen molar-refractivity contribution in [1.82, 2.24) is 5.43 Å². The van der Waals surface area contributed by atoms with Gasteiger partial charge in [0.15, 0.2) is 6.61 Å². The molecule has 0 radical (unpaired) electrons. The van der Waals surface area contributed by atoms with Gasteiger partial charge in [-0.25, -0.2) is 5.43 Å². The summed E-state index contributed by atoms with van der Waals surface area (Å²) in [4.78, 5) is 11.8. The molecule has 24 heavy (non-hydrogen) atoms. The fourth-order valence-electron chi connectivity index (χ4n) is 2.10. The summed E-state index contributed by atoms with van der Waals surface area (Å²) >= 11 is 2.02. The van der Waals surface area contributed by atoms with Crippen molar-refractivity contribution in [3.63, 3.8) is 0 Å². The van der Waals surface area contributed by atoms with Gasteiger partial charge in [0.05, 0.1) is 9.78 Å². The van der Waals surface area contributed by atoms with Crippen molar-refractivity contribution >= 4 is 34.7 Å². The van der Waals surface area contributed by atoms with E-state index in [0.717, 1.165) is 31.6 Å². The van der Waals surface area contributed by atoms with Gasteiger partial charge >= 0.3 is 0 Å². The lowest BCUT2D eigenvalue weighted by Crippen LogP contribution is -2.25. The van der Waals surface area contributed by atoms with Crippen LogP contribution >= 0.6 is 22.6 Å². The van der Waals surface area contributed by atoms with Crippen molar-refractivity contribution in [3.05, 3.63) is 56.2 Å². The average Bonchev–Trinajstić information content (AvgIpc) is 2.54. The van der Waals surface area contributed by atoms with E-state index in [1.165, 1.54) is 6.21 Å². The van der Waals surface area contributed by atoms with Crippen LogP contribution in [0.3, 0.4) is 0 Å². The Kier molecular flexibility index (Phi) is 6.19. The van der Waals surface area contributed by atoms with Crippen molar-refractivity contribution < 1.29 is 14.6 Å². The van der Waals surface area contributed by atoms with Crippen molar-refractivity contribution in [2.24, 2.45) is 5.10 Å². The molecule has 0 atom stereocenters. The van der Waals surface area contributed by atoms with Crippen LogP contribution in [0, 0.1) is 24.3 Å². The number of carbonyl (C=O) groups is 1. The summed E-state index contributed by atoms with van der Waals surface area (Å²) in [6, 6.07) is 9.06. The van der Waals surface area contributed by atoms with E-state index in [1.807, 2.05) is 55.5 Å². The molecular weight excluding hydrogens is 419 g/mol. The van der Waals surface area contributed by atoms with Gasteiger partial charge in [-0.05, 0) is 83.8 Å². The van der Waals surface area contributed by atoms with E-state index in [9.17, 15) is 9.90 Å². The van der Waals surface area contributed by atoms with Crippen LogP contribution in [0.15, 0.2) is 35.4 Å². The van der Waals surface area contributed by atoms with Gasteiger partial charge in [0.1, 0.15) is 11.5 Å². The number of ether oxygens (including phenoxy) is 1. The Morgan fingerprint density at radius 1 is 1.25 bits per heavy atom. The summed E-state index contributed by atoms with van der Waals surface area (Å²) in [6.07, 6.45) is 1.52. The van der Waals surface area contributed by atoms with Crippen LogP contribution in [-0.2, 0) is 4.79 Å². The summed E-state index contributed by atoms with van der Waals surface area (Å²) in [5, 5.41) is 13.4. The molecule has 0 aliphatic heterocycles. The third-order valence-electron chi connectivity index (χ3n) is 3.60. The molecule has 5 nitrogen and oxygen atoms in total. The Bertz CT molecular complexity index is 788. The molecule has 0 bridgehead atoms. The molecule has 0 aliphatic carbocycles. The maximum atomic E-state index is 11.8. The molecule has 0 spiro atoms. The minimum atomic E-state index is -0.333. The summed E-state index contributed by atoms with van der Waals surface area (Å²) in [7, 11) is 0. The van der Waals surface area contributed by atoms with Gasteiger partial charge in [0.25, 0.3) is 5.91 Å². The Morgan fingerprint density at radius 2 is 1.96 bits per heavy atom. The van der Waals surface area contributed by atoms with Crippen molar-refractivity contribution in [2.45, 2.75) is 20.8 Å². The van der Waals surface area contributed by atoms with Gasteiger partial charge < -0.3 is 9.84 Å². The zero-order valence-corrected chi connectivity index (χ0v) is 15.9. The number of amides is 1. The number of phenols is 1. The molecule has 0 aliphatic rings. The molecule has 0 aromatic heterocycles. The standard InChI is InChI=1S/C18H19IN2O3/c1-11-4-5-12(2)18(13(11)3)24-10-17(23)21-20-9-14-6-7-16(22)15(19)8-14/h4-9,22H,10H2,1-3H3,(H,21,23)/b20-9-. The first-order chi connectivity index (χ1) is 11.4. The number of hydrazone groups is 1. The first-order valence-electron chi connectivity index (χ1n) is 7.38. The highest BCUT2D eigenvalue weighted by Gasteiger charge is 2.08. The zero-order chi connectivity index (χ0) is 17.7. The van der Waals surface area contributed by atoms with E-state index in [4.69, 9.17) is 4.74 Å². The largest absolute Gasteiger partial charge is 0.507 e. The number of benzene rings is 2. The third-order valence-corrected chi connectivity index (χ3v) is 4.46. The monoisotopic (exact) mass is 438 g/mol. The second kappa shape index (κ2) is 8.14. The van der Waals surface area contributed by atoms with E-state index in [0.29, 0.717) is 0 Å². The molecule has 0 saturated carbocycles. The molecule has 2 aromatic carbocycles. The molecular formula is C18H19IN2O3. The quantitative estimate of drug-likeness (QED) is 0.427. The summed E-state index contributed by atoms with van der Waals surface area (Å²) < 4.78 is 6.35. The van der Waals surface area contributed by atoms with E-state index in [2.05, 4.69) is 10.5 Å². The lowest BCUT2D eigenvalue weighted by Gasteiger charge is -2.13. The highest BCUT2D eigenvalue weighted by Crippen LogP contribution is 2.25. The molecule has 0 heterocycles. The number of hydrogen-bond acceptors (Lipinski definition) is 4. The molecule has 2 rings (SSSR count). The van der Waals surface area contributed by atoms with Gasteiger partial charge in [0, 0.05) is 0 Å². The first-order valence-corrected chi connectivity index (χ1v) is 8.46. The maximum Gasteiger partial charge on any atom is 0.277 e. The van der Waals surface area contributed by atoms with E-state index in [-0.39, 0.29) is 18.3 Å². The van der Waals surface area contributed by atoms with E-state index < -0.39 is 0 Å². The number of nitrogens with one attached hydrogen (secondary N) is 1. The number of hydrogen-bond donors (Lipinski definition) is 2. The highest BCUT2D eigenvalue weighted by atomic mass is 127. The summed E-state index contributed by atoms with van der Waals surface area (Å²) in [5.74, 6) is 0.622. The van der Waals surface area contributed by atoms with Crippen LogP contribution in [0.25, 0.3) is 0 Å². The molecule has 1 amide bonds. The zero-order valence-electron chi connectivity index (χ0n) is 13.8. The van der Waals surface area contributed by atoms with Gasteiger partial charge in [-0.2, -0.15) is 5.10 Å². The van der Waals surface area contributed by atoms with Crippen LogP contribution in [0.4, 0.5) is 0 Å². The predicted octanol–water partition coefficient (Wildman–Crippen LogP) is 3.45. The third kappa shape index (κ3) is 4.70. The fraction of sp³-hybridized carbons (Fsp3) is 0.222. The fourth-order valence-corrected chi connectivity index (χ4v) is 2.64. The van der Waals surface area contributed by atoms with Gasteiger partial charge in [-0.15, -0.1) is 0 Å². The van der Waals surface area contributed by atoms with E-state index in [1.54, 1.807) is 18.2 Å². The topological polar surface area (TPSA) is 70.9 Å². The lowest BCUT2D eigenvalue weighted by atomic mass is 10.1. The number of phenolic OH excluding ortho intramolecular Hbond substituents is 1. The number of carbonyl (C=O) groups excluding carboxylic acids is 1. The van der Waals surface area contributed by atoms with Crippen LogP contribution in [0.2, 0.25) is 0 Å². The van der Waals surface area contributed by atoms with Crippen LogP contribution in [0.5, 0.6) is 11.5 Å². The minimum Gasteiger partial charge on any atom is -0.507 e. The Hall–Kier alpha value is -2.09.